The van der Waals surface area contributed by atoms with Gasteiger partial charge in [0.05, 0.1) is 0 Å². The van der Waals surface area contributed by atoms with E-state index < -0.39 is 17.4 Å². The summed E-state index contributed by atoms with van der Waals surface area (Å²) in [6, 6.07) is 4.68. The number of carboxylic acids is 1. The molecule has 4 nitrogen and oxygen atoms in total. The summed E-state index contributed by atoms with van der Waals surface area (Å²) in [4.78, 5) is 22.7. The van der Waals surface area contributed by atoms with Crippen LogP contribution in [0.2, 0.25) is 5.02 Å². The minimum atomic E-state index is -1.33. The number of carbonyl (C=O) groups excluding carboxylic acids is 1. The number of nitrogens with one attached hydrogen (secondary N) is 1. The van der Waals surface area contributed by atoms with Crippen molar-refractivity contribution in [3.63, 3.8) is 0 Å². The second kappa shape index (κ2) is 5.06. The van der Waals surface area contributed by atoms with Crippen LogP contribution in [0.5, 0.6) is 0 Å². The minimum absolute atomic E-state index is 0.304. The number of carbonyl (C=O) groups is 2. The molecule has 0 spiro atoms. The van der Waals surface area contributed by atoms with Crippen LogP contribution in [0, 0.1) is 0 Å². The Hall–Kier alpha value is -1.07. The molecule has 0 unspecified atom stereocenters. The van der Waals surface area contributed by atoms with E-state index in [1.54, 1.807) is 12.1 Å². The highest BCUT2D eigenvalue weighted by molar-refractivity contribution is 9.10. The second-order valence-electron chi connectivity index (χ2n) is 4.04. The first-order valence-electron chi connectivity index (χ1n) is 4.74. The average Bonchev–Trinajstić information content (AvgIpc) is 2.15. The van der Waals surface area contributed by atoms with E-state index in [0.29, 0.717) is 15.1 Å². The molecule has 0 aliphatic carbocycles. The molecular formula is C11H11BrClNO3. The van der Waals surface area contributed by atoms with Crippen LogP contribution < -0.4 is 5.32 Å². The van der Waals surface area contributed by atoms with Crippen LogP contribution in [0.25, 0.3) is 0 Å². The molecule has 0 saturated heterocycles. The van der Waals surface area contributed by atoms with Crippen LogP contribution in [-0.4, -0.2) is 22.5 Å². The Balaban J connectivity index is 2.94. The highest BCUT2D eigenvalue weighted by atomic mass is 79.9. The molecule has 0 fully saturated rings. The number of amides is 1. The molecule has 1 amide bonds. The van der Waals surface area contributed by atoms with Gasteiger partial charge in [0, 0.05) is 15.1 Å². The zero-order chi connectivity index (χ0) is 13.2. The zero-order valence-corrected chi connectivity index (χ0v) is 11.6. The summed E-state index contributed by atoms with van der Waals surface area (Å²) in [6.07, 6.45) is 0. The first-order valence-corrected chi connectivity index (χ1v) is 5.91. The van der Waals surface area contributed by atoms with Gasteiger partial charge in [0.1, 0.15) is 5.54 Å². The minimum Gasteiger partial charge on any atom is -0.480 e. The van der Waals surface area contributed by atoms with Crippen LogP contribution in [0.15, 0.2) is 22.7 Å². The van der Waals surface area contributed by atoms with Crippen LogP contribution in [0.4, 0.5) is 0 Å². The number of aliphatic carboxylic acids is 1. The van der Waals surface area contributed by atoms with Crippen molar-refractivity contribution in [1.82, 2.24) is 5.32 Å². The fourth-order valence-electron chi connectivity index (χ4n) is 1.09. The Morgan fingerprint density at radius 3 is 2.41 bits per heavy atom. The van der Waals surface area contributed by atoms with Gasteiger partial charge in [-0.25, -0.2) is 4.79 Å². The first kappa shape index (κ1) is 14.0. The van der Waals surface area contributed by atoms with E-state index in [2.05, 4.69) is 21.2 Å². The number of halogens is 2. The second-order valence-corrected chi connectivity index (χ2v) is 5.39. The lowest BCUT2D eigenvalue weighted by molar-refractivity contribution is -0.143. The maximum absolute atomic E-state index is 11.8. The van der Waals surface area contributed by atoms with Crippen molar-refractivity contribution in [2.45, 2.75) is 19.4 Å². The van der Waals surface area contributed by atoms with Crippen molar-refractivity contribution in [3.8, 4) is 0 Å². The van der Waals surface area contributed by atoms with Gasteiger partial charge in [0.25, 0.3) is 5.91 Å². The van der Waals surface area contributed by atoms with E-state index in [0.717, 1.165) is 0 Å². The Labute approximate surface area is 112 Å². The van der Waals surface area contributed by atoms with Gasteiger partial charge in [0.2, 0.25) is 0 Å². The summed E-state index contributed by atoms with van der Waals surface area (Å²) in [6.45, 7) is 2.82. The predicted octanol–water partition coefficient (Wildman–Crippen LogP) is 2.70. The highest BCUT2D eigenvalue weighted by Gasteiger charge is 2.29. The Morgan fingerprint density at radius 2 is 1.94 bits per heavy atom. The number of hydrogen-bond acceptors (Lipinski definition) is 2. The average molecular weight is 321 g/mol. The first-order chi connectivity index (χ1) is 7.72. The van der Waals surface area contributed by atoms with Crippen LogP contribution in [0.1, 0.15) is 24.2 Å². The Morgan fingerprint density at radius 1 is 1.35 bits per heavy atom. The smallest absolute Gasteiger partial charge is 0.328 e. The lowest BCUT2D eigenvalue weighted by Gasteiger charge is -2.21. The van der Waals surface area contributed by atoms with Crippen molar-refractivity contribution in [2.24, 2.45) is 0 Å². The van der Waals surface area contributed by atoms with Gasteiger partial charge in [-0.2, -0.15) is 0 Å². The molecule has 0 bridgehead atoms. The molecule has 0 radical (unpaired) electrons. The van der Waals surface area contributed by atoms with Crippen LogP contribution in [0.3, 0.4) is 0 Å². The number of hydrogen-bond donors (Lipinski definition) is 2. The predicted molar refractivity (Wildman–Crippen MR) is 68.3 cm³/mol. The van der Waals surface area contributed by atoms with Gasteiger partial charge in [-0.15, -0.1) is 0 Å². The van der Waals surface area contributed by atoms with Gasteiger partial charge in [0.15, 0.2) is 0 Å². The van der Waals surface area contributed by atoms with E-state index in [-0.39, 0.29) is 0 Å². The maximum atomic E-state index is 11.8. The zero-order valence-electron chi connectivity index (χ0n) is 9.25. The molecule has 6 heteroatoms. The molecule has 2 N–H and O–H groups in total. The van der Waals surface area contributed by atoms with Crippen molar-refractivity contribution >= 4 is 39.4 Å². The van der Waals surface area contributed by atoms with E-state index in [9.17, 15) is 9.59 Å². The largest absolute Gasteiger partial charge is 0.480 e. The van der Waals surface area contributed by atoms with Crippen molar-refractivity contribution < 1.29 is 14.7 Å². The molecule has 0 aliphatic heterocycles. The van der Waals surface area contributed by atoms with E-state index in [4.69, 9.17) is 16.7 Å². The van der Waals surface area contributed by atoms with Crippen molar-refractivity contribution in [3.05, 3.63) is 33.3 Å². The standard InChI is InChI=1S/C11H11BrClNO3/c1-11(2,10(16)17)14-9(15)6-3-7(12)5-8(13)4-6/h3-5H,1-2H3,(H,14,15)(H,16,17). The Kier molecular flexibility index (Phi) is 4.16. The van der Waals surface area contributed by atoms with Gasteiger partial charge >= 0.3 is 5.97 Å². The molecule has 92 valence electrons. The van der Waals surface area contributed by atoms with Gasteiger partial charge in [-0.05, 0) is 32.0 Å². The lowest BCUT2D eigenvalue weighted by Crippen LogP contribution is -2.49. The maximum Gasteiger partial charge on any atom is 0.328 e. The van der Waals surface area contributed by atoms with Gasteiger partial charge < -0.3 is 10.4 Å². The molecule has 0 aromatic heterocycles. The molecule has 1 rings (SSSR count). The summed E-state index contributed by atoms with van der Waals surface area (Å²) in [5.74, 6) is -1.59. The van der Waals surface area contributed by atoms with Crippen LogP contribution in [-0.2, 0) is 4.79 Å². The molecule has 0 heterocycles. The molecule has 1 aromatic rings. The normalized spacial score (nSPS) is 11.1. The molecule has 17 heavy (non-hydrogen) atoms. The van der Waals surface area contributed by atoms with E-state index in [1.807, 2.05) is 0 Å². The summed E-state index contributed by atoms with van der Waals surface area (Å²) in [7, 11) is 0. The molecule has 0 atom stereocenters. The van der Waals surface area contributed by atoms with Crippen LogP contribution >= 0.6 is 27.5 Å². The van der Waals surface area contributed by atoms with Crippen molar-refractivity contribution in [1.29, 1.82) is 0 Å². The topological polar surface area (TPSA) is 66.4 Å². The number of benzene rings is 1. The number of carboxylic acid groups (broad SMARTS) is 1. The Bertz CT molecular complexity index is 454. The highest BCUT2D eigenvalue weighted by Crippen LogP contribution is 2.20. The molecule has 0 aliphatic rings. The number of rotatable bonds is 3. The SMILES string of the molecule is CC(C)(NC(=O)c1cc(Cl)cc(Br)c1)C(=O)O. The fraction of sp³-hybridized carbons (Fsp3) is 0.273. The third kappa shape index (κ3) is 3.71. The molecular weight excluding hydrogens is 309 g/mol. The van der Waals surface area contributed by atoms with E-state index >= 15 is 0 Å². The van der Waals surface area contributed by atoms with Crippen molar-refractivity contribution in [2.75, 3.05) is 0 Å². The lowest BCUT2D eigenvalue weighted by atomic mass is 10.1. The third-order valence-corrected chi connectivity index (χ3v) is 2.76. The third-order valence-electron chi connectivity index (χ3n) is 2.09. The van der Waals surface area contributed by atoms with Gasteiger partial charge in [-0.3, -0.25) is 4.79 Å². The summed E-state index contributed by atoms with van der Waals surface area (Å²) in [5, 5.41) is 11.7. The van der Waals surface area contributed by atoms with E-state index in [1.165, 1.54) is 19.9 Å². The monoisotopic (exact) mass is 319 g/mol. The van der Waals surface area contributed by atoms with Gasteiger partial charge in [-0.1, -0.05) is 27.5 Å². The fourth-order valence-corrected chi connectivity index (χ4v) is 1.95. The quantitative estimate of drug-likeness (QED) is 0.900. The summed E-state index contributed by atoms with van der Waals surface area (Å²) < 4.78 is 0.656. The summed E-state index contributed by atoms with van der Waals surface area (Å²) >= 11 is 9.01. The molecule has 1 aromatic carbocycles. The summed E-state index contributed by atoms with van der Waals surface area (Å²) in [5.41, 5.74) is -1.02. The molecule has 0 saturated carbocycles.